The largest absolute Gasteiger partial charge is 0.426 e. The summed E-state index contributed by atoms with van der Waals surface area (Å²) < 4.78 is 95.7. The molecule has 1 aliphatic rings. The highest BCUT2D eigenvalue weighted by Gasteiger charge is 2.61. The first-order valence-electron chi connectivity index (χ1n) is 11.6. The van der Waals surface area contributed by atoms with Gasteiger partial charge in [-0.25, -0.2) is 4.98 Å². The van der Waals surface area contributed by atoms with E-state index in [1.165, 1.54) is 24.3 Å². The fraction of sp³-hybridized carbons (Fsp3) is 0.333. The molecule has 1 atom stereocenters. The normalized spacial score (nSPS) is 19.3. The van der Waals surface area contributed by atoms with Crippen molar-refractivity contribution in [2.45, 2.75) is 50.2 Å². The highest BCUT2D eigenvalue weighted by molar-refractivity contribution is 5.91. The number of carbonyl (C=O) groups excluding carboxylic acids is 1. The number of pyridine rings is 1. The van der Waals surface area contributed by atoms with Crippen LogP contribution in [0.15, 0.2) is 53.0 Å². The Bertz CT molecular complexity index is 1420. The van der Waals surface area contributed by atoms with Crippen LogP contribution in [0.3, 0.4) is 0 Å². The maximum Gasteiger partial charge on any atom is 0.426 e. The van der Waals surface area contributed by atoms with Crippen molar-refractivity contribution in [3.05, 3.63) is 75.7 Å². The summed E-state index contributed by atoms with van der Waals surface area (Å²) in [5.74, 6) is -4.14. The summed E-state index contributed by atoms with van der Waals surface area (Å²) in [5.41, 5.74) is -6.72. The Kier molecular flexibility index (Phi) is 7.91. The summed E-state index contributed by atoms with van der Waals surface area (Å²) >= 11 is 0. The van der Waals surface area contributed by atoms with Crippen LogP contribution in [0.4, 0.5) is 37.8 Å². The van der Waals surface area contributed by atoms with Gasteiger partial charge >= 0.3 is 18.0 Å². The minimum atomic E-state index is -5.18. The zero-order valence-corrected chi connectivity index (χ0v) is 20.3. The molecule has 0 saturated heterocycles. The van der Waals surface area contributed by atoms with Crippen molar-refractivity contribution in [3.63, 3.8) is 0 Å². The predicted molar refractivity (Wildman–Crippen MR) is 124 cm³/mol. The van der Waals surface area contributed by atoms with E-state index >= 15 is 0 Å². The monoisotopic (exact) mass is 571 g/mol. The number of hydrogen-bond donors (Lipinski definition) is 1. The second-order valence-corrected chi connectivity index (χ2v) is 8.62. The fourth-order valence-corrected chi connectivity index (χ4v) is 3.89. The van der Waals surface area contributed by atoms with Crippen molar-refractivity contribution in [2.24, 2.45) is 0 Å². The van der Waals surface area contributed by atoms with Gasteiger partial charge in [0.25, 0.3) is 11.8 Å². The van der Waals surface area contributed by atoms with Gasteiger partial charge in [-0.15, -0.1) is 10.2 Å². The van der Waals surface area contributed by atoms with Crippen LogP contribution >= 0.6 is 0 Å². The molecule has 0 saturated carbocycles. The van der Waals surface area contributed by atoms with E-state index in [-0.39, 0.29) is 25.3 Å². The molecule has 1 aliphatic heterocycles. The van der Waals surface area contributed by atoms with Crippen LogP contribution in [0.2, 0.25) is 0 Å². The maximum absolute atomic E-state index is 14.7. The number of alkyl halides is 6. The van der Waals surface area contributed by atoms with E-state index in [4.69, 9.17) is 9.15 Å². The molecule has 1 aromatic carbocycles. The number of nitrogens with one attached hydrogen (secondary N) is 1. The van der Waals surface area contributed by atoms with E-state index in [1.54, 1.807) is 18.2 Å². The van der Waals surface area contributed by atoms with Crippen LogP contribution in [-0.2, 0) is 27.9 Å². The Morgan fingerprint density at radius 1 is 1.07 bits per heavy atom. The summed E-state index contributed by atoms with van der Waals surface area (Å²) in [6, 6.07) is 7.97. The summed E-state index contributed by atoms with van der Waals surface area (Å²) in [5, 5.41) is 20.5. The SMILES string of the molecule is O=C1CC/C=C/CCC(OCc2ccccc2)(C(F)(F)F)c2nnc(o2)-c2nc(c(C(F)(F)F)cc2[N+](=O)[O-])N1. The van der Waals surface area contributed by atoms with Gasteiger partial charge in [0.2, 0.25) is 17.2 Å². The summed E-state index contributed by atoms with van der Waals surface area (Å²) in [6.07, 6.45) is -8.97. The fourth-order valence-electron chi connectivity index (χ4n) is 3.89. The zero-order valence-electron chi connectivity index (χ0n) is 20.3. The van der Waals surface area contributed by atoms with Crippen LogP contribution < -0.4 is 5.32 Å². The molecule has 2 aromatic heterocycles. The summed E-state index contributed by atoms with van der Waals surface area (Å²) in [7, 11) is 0. The number of nitrogens with zero attached hydrogens (tertiary/aromatic N) is 4. The van der Waals surface area contributed by atoms with Crippen molar-refractivity contribution in [1.82, 2.24) is 15.2 Å². The number of rotatable bonds is 4. The smallest absolute Gasteiger partial charge is 0.415 e. The van der Waals surface area contributed by atoms with Gasteiger partial charge in [-0.2, -0.15) is 26.3 Å². The molecule has 1 amide bonds. The third-order valence-electron chi connectivity index (χ3n) is 5.89. The number of benzene rings is 1. The maximum atomic E-state index is 14.7. The number of carbonyl (C=O) groups is 1. The molecular formula is C24H19F6N5O5. The molecule has 3 aromatic rings. The second kappa shape index (κ2) is 11.0. The van der Waals surface area contributed by atoms with Crippen LogP contribution in [-0.4, -0.2) is 32.2 Å². The molecule has 4 bridgehead atoms. The predicted octanol–water partition coefficient (Wildman–Crippen LogP) is 6.10. The molecule has 3 heterocycles. The number of halogens is 6. The van der Waals surface area contributed by atoms with Crippen LogP contribution in [0.1, 0.15) is 42.7 Å². The highest BCUT2D eigenvalue weighted by Crippen LogP contribution is 2.47. The third kappa shape index (κ3) is 5.95. The number of allylic oxidation sites excluding steroid dienone is 2. The molecule has 1 N–H and O–H groups in total. The van der Waals surface area contributed by atoms with Gasteiger partial charge in [0, 0.05) is 12.5 Å². The van der Waals surface area contributed by atoms with E-state index in [9.17, 15) is 41.3 Å². The first-order chi connectivity index (χ1) is 18.8. The first kappa shape index (κ1) is 28.7. The molecule has 16 heteroatoms. The van der Waals surface area contributed by atoms with E-state index in [1.807, 2.05) is 5.32 Å². The molecular weight excluding hydrogens is 552 g/mol. The Morgan fingerprint density at radius 3 is 2.42 bits per heavy atom. The molecule has 10 nitrogen and oxygen atoms in total. The van der Waals surface area contributed by atoms with E-state index < -0.39 is 76.4 Å². The lowest BCUT2D eigenvalue weighted by atomic mass is 9.95. The number of aromatic nitrogens is 3. The number of anilines is 1. The summed E-state index contributed by atoms with van der Waals surface area (Å²) in [4.78, 5) is 26.3. The molecule has 0 fully saturated rings. The average Bonchev–Trinajstić information content (AvgIpc) is 3.36. The van der Waals surface area contributed by atoms with E-state index in [0.717, 1.165) is 0 Å². The summed E-state index contributed by atoms with van der Waals surface area (Å²) in [6.45, 7) is -0.539. The topological polar surface area (TPSA) is 133 Å². The molecule has 1 unspecified atom stereocenters. The van der Waals surface area contributed by atoms with Crippen LogP contribution in [0.25, 0.3) is 11.6 Å². The van der Waals surface area contributed by atoms with Gasteiger partial charge in [0.05, 0.1) is 11.5 Å². The molecule has 0 spiro atoms. The van der Waals surface area contributed by atoms with Crippen molar-refractivity contribution < 1.29 is 45.2 Å². The lowest BCUT2D eigenvalue weighted by Gasteiger charge is -2.32. The Balaban J connectivity index is 1.91. The number of nitro groups is 1. The van der Waals surface area contributed by atoms with Crippen molar-refractivity contribution in [1.29, 1.82) is 0 Å². The minimum absolute atomic E-state index is 0.0267. The Hall–Kier alpha value is -4.34. The Labute approximate surface area is 221 Å². The average molecular weight is 571 g/mol. The van der Waals surface area contributed by atoms with Gasteiger partial charge in [0.1, 0.15) is 11.4 Å². The standard InChI is InChI=1S/C24H19F6N5O5/c25-23(26,27)15-12-16(35(37)38)18-20-33-34-21(40-20)22(24(28,29)30,39-13-14-8-4-3-5-9-14)11-7-2-1-6-10-17(36)31-19(15)32-18/h1-5,8-9,12H,6-7,10-11,13H2,(H,31,32,36)/b2-1+. The van der Waals surface area contributed by atoms with Crippen LogP contribution in [0.5, 0.6) is 0 Å². The number of fused-ring (bicyclic) bond motifs is 5. The van der Waals surface area contributed by atoms with Crippen molar-refractivity contribution in [3.8, 4) is 11.6 Å². The quantitative estimate of drug-likeness (QED) is 0.172. The molecule has 212 valence electrons. The number of ether oxygens (including phenoxy) is 1. The van der Waals surface area contributed by atoms with Gasteiger partial charge in [-0.1, -0.05) is 42.5 Å². The lowest BCUT2D eigenvalue weighted by Crippen LogP contribution is -2.45. The lowest BCUT2D eigenvalue weighted by molar-refractivity contribution is -0.384. The second-order valence-electron chi connectivity index (χ2n) is 8.62. The molecule has 0 radical (unpaired) electrons. The van der Waals surface area contributed by atoms with Gasteiger partial charge < -0.3 is 14.5 Å². The molecule has 4 rings (SSSR count). The Morgan fingerprint density at radius 2 is 1.77 bits per heavy atom. The highest BCUT2D eigenvalue weighted by atomic mass is 19.4. The van der Waals surface area contributed by atoms with Gasteiger partial charge in [-0.05, 0) is 24.8 Å². The number of amides is 1. The number of hydrogen-bond acceptors (Lipinski definition) is 8. The van der Waals surface area contributed by atoms with Crippen molar-refractivity contribution in [2.75, 3.05) is 5.32 Å². The third-order valence-corrected chi connectivity index (χ3v) is 5.89. The van der Waals surface area contributed by atoms with E-state index in [2.05, 4.69) is 15.2 Å². The minimum Gasteiger partial charge on any atom is -0.415 e. The van der Waals surface area contributed by atoms with Gasteiger partial charge in [0.15, 0.2) is 0 Å². The van der Waals surface area contributed by atoms with Gasteiger partial charge in [-0.3, -0.25) is 14.9 Å². The zero-order chi connectivity index (χ0) is 29.1. The first-order valence-corrected chi connectivity index (χ1v) is 11.6. The molecule has 40 heavy (non-hydrogen) atoms. The molecule has 0 aliphatic carbocycles. The van der Waals surface area contributed by atoms with Crippen molar-refractivity contribution >= 4 is 17.4 Å². The van der Waals surface area contributed by atoms with E-state index in [0.29, 0.717) is 5.56 Å². The van der Waals surface area contributed by atoms with Crippen LogP contribution in [0, 0.1) is 10.1 Å².